The number of benzene rings is 4. The number of aryl methyl sites for hydroxylation is 2. The lowest BCUT2D eigenvalue weighted by Gasteiger charge is -2.16. The van der Waals surface area contributed by atoms with Crippen molar-refractivity contribution in [1.29, 1.82) is 0 Å². The second-order valence-corrected chi connectivity index (χ2v) is 9.64. The maximum atomic E-state index is 13.3. The number of rotatable bonds is 5. The van der Waals surface area contributed by atoms with Crippen LogP contribution >= 0.6 is 11.3 Å². The zero-order chi connectivity index (χ0) is 24.5. The first-order chi connectivity index (χ1) is 16.9. The van der Waals surface area contributed by atoms with Crippen molar-refractivity contribution >= 4 is 49.9 Å². The highest BCUT2D eigenvalue weighted by atomic mass is 32.1. The lowest BCUT2D eigenvalue weighted by atomic mass is 9.99. The molecule has 0 spiro atoms. The number of thiazole rings is 1. The number of aromatic nitrogens is 1. The Labute approximate surface area is 207 Å². The standard InChI is InChI=1S/C29H24N2O3S/c1-17-14-18(2)16-21(15-17)30-27(32)19(3)34-29(33)23-11-7-9-20-8-6-10-22(26(20)23)28-31-24-12-4-5-13-25(24)35-28/h4-16,19H,1-3H3,(H,30,32). The van der Waals surface area contributed by atoms with Gasteiger partial charge in [0.2, 0.25) is 0 Å². The van der Waals surface area contributed by atoms with Gasteiger partial charge in [-0.3, -0.25) is 4.79 Å². The van der Waals surface area contributed by atoms with Crippen molar-refractivity contribution in [2.24, 2.45) is 0 Å². The average Bonchev–Trinajstić information content (AvgIpc) is 3.26. The van der Waals surface area contributed by atoms with Gasteiger partial charge in [0.1, 0.15) is 5.01 Å². The maximum absolute atomic E-state index is 13.3. The zero-order valence-corrected chi connectivity index (χ0v) is 20.5. The number of para-hydroxylation sites is 1. The van der Waals surface area contributed by atoms with Gasteiger partial charge in [0.25, 0.3) is 5.91 Å². The molecule has 35 heavy (non-hydrogen) atoms. The molecule has 0 bridgehead atoms. The Hall–Kier alpha value is -4.03. The van der Waals surface area contributed by atoms with E-state index in [1.165, 1.54) is 0 Å². The lowest BCUT2D eigenvalue weighted by Crippen LogP contribution is -2.30. The predicted octanol–water partition coefficient (Wildman–Crippen LogP) is 6.92. The fraction of sp³-hybridized carbons (Fsp3) is 0.138. The van der Waals surface area contributed by atoms with Crippen LogP contribution in [0.25, 0.3) is 31.6 Å². The number of carbonyl (C=O) groups excluding carboxylic acids is 2. The highest BCUT2D eigenvalue weighted by Crippen LogP contribution is 2.36. The number of esters is 1. The summed E-state index contributed by atoms with van der Waals surface area (Å²) in [5.41, 5.74) is 4.96. The molecule has 1 unspecified atom stereocenters. The number of hydrogen-bond acceptors (Lipinski definition) is 5. The summed E-state index contributed by atoms with van der Waals surface area (Å²) in [7, 11) is 0. The van der Waals surface area contributed by atoms with Crippen LogP contribution in [0.15, 0.2) is 78.9 Å². The molecule has 0 saturated carbocycles. The van der Waals surface area contributed by atoms with Gasteiger partial charge in [0.15, 0.2) is 6.10 Å². The molecular formula is C29H24N2O3S. The van der Waals surface area contributed by atoms with Gasteiger partial charge in [0.05, 0.1) is 15.8 Å². The van der Waals surface area contributed by atoms with Gasteiger partial charge in [-0.1, -0.05) is 48.5 Å². The molecule has 5 nitrogen and oxygen atoms in total. The highest BCUT2D eigenvalue weighted by Gasteiger charge is 2.22. The molecule has 174 valence electrons. The molecule has 5 aromatic rings. The minimum absolute atomic E-state index is 0.380. The number of hydrogen-bond donors (Lipinski definition) is 1. The molecule has 0 aliphatic rings. The van der Waals surface area contributed by atoms with Gasteiger partial charge in [-0.25, -0.2) is 9.78 Å². The van der Waals surface area contributed by atoms with Crippen molar-refractivity contribution in [3.05, 3.63) is 95.6 Å². The SMILES string of the molecule is Cc1cc(C)cc(NC(=O)C(C)OC(=O)c2cccc3cccc(-c4nc5ccccc5s4)c23)c1. The molecule has 1 amide bonds. The number of nitrogens with one attached hydrogen (secondary N) is 1. The van der Waals surface area contributed by atoms with Crippen LogP contribution < -0.4 is 5.32 Å². The van der Waals surface area contributed by atoms with Crippen molar-refractivity contribution in [3.8, 4) is 10.6 Å². The quantitative estimate of drug-likeness (QED) is 0.277. The van der Waals surface area contributed by atoms with Crippen molar-refractivity contribution in [3.63, 3.8) is 0 Å². The van der Waals surface area contributed by atoms with E-state index in [1.54, 1.807) is 24.3 Å². The summed E-state index contributed by atoms with van der Waals surface area (Å²) in [4.78, 5) is 30.8. The second-order valence-electron chi connectivity index (χ2n) is 8.61. The molecule has 1 atom stereocenters. The smallest absolute Gasteiger partial charge is 0.339 e. The summed E-state index contributed by atoms with van der Waals surface area (Å²) in [5, 5.41) is 5.35. The molecule has 0 aliphatic heterocycles. The molecule has 0 radical (unpaired) electrons. The molecule has 0 fully saturated rings. The van der Waals surface area contributed by atoms with Gasteiger partial charge in [-0.15, -0.1) is 11.3 Å². The van der Waals surface area contributed by atoms with E-state index >= 15 is 0 Å². The van der Waals surface area contributed by atoms with Crippen LogP contribution in [-0.4, -0.2) is 23.0 Å². The first kappa shape index (κ1) is 22.7. The number of fused-ring (bicyclic) bond motifs is 2. The third kappa shape index (κ3) is 4.66. The fourth-order valence-corrected chi connectivity index (χ4v) is 5.24. The van der Waals surface area contributed by atoms with Crippen molar-refractivity contribution in [2.75, 3.05) is 5.32 Å². The number of carbonyl (C=O) groups is 2. The fourth-order valence-electron chi connectivity index (χ4n) is 4.25. The Bertz CT molecular complexity index is 1530. The highest BCUT2D eigenvalue weighted by molar-refractivity contribution is 7.21. The first-order valence-electron chi connectivity index (χ1n) is 11.4. The topological polar surface area (TPSA) is 68.3 Å². The largest absolute Gasteiger partial charge is 0.449 e. The number of ether oxygens (including phenoxy) is 1. The Morgan fingerprint density at radius 1 is 0.914 bits per heavy atom. The molecule has 4 aromatic carbocycles. The van der Waals surface area contributed by atoms with Crippen molar-refractivity contribution in [2.45, 2.75) is 26.9 Å². The van der Waals surface area contributed by atoms with Crippen LogP contribution in [0.4, 0.5) is 5.69 Å². The van der Waals surface area contributed by atoms with E-state index in [1.807, 2.05) is 86.6 Å². The molecule has 1 N–H and O–H groups in total. The van der Waals surface area contributed by atoms with E-state index in [9.17, 15) is 9.59 Å². The predicted molar refractivity (Wildman–Crippen MR) is 142 cm³/mol. The van der Waals surface area contributed by atoms with E-state index in [0.29, 0.717) is 11.3 Å². The summed E-state index contributed by atoms with van der Waals surface area (Å²) in [6, 6.07) is 25.1. The van der Waals surface area contributed by atoms with E-state index < -0.39 is 12.1 Å². The summed E-state index contributed by atoms with van der Waals surface area (Å²) in [6.45, 7) is 5.51. The minimum atomic E-state index is -0.965. The molecule has 0 aliphatic carbocycles. The zero-order valence-electron chi connectivity index (χ0n) is 19.7. The Morgan fingerprint density at radius 3 is 2.37 bits per heavy atom. The first-order valence-corrected chi connectivity index (χ1v) is 12.2. The van der Waals surface area contributed by atoms with Crippen molar-refractivity contribution < 1.29 is 14.3 Å². The second kappa shape index (κ2) is 9.31. The van der Waals surface area contributed by atoms with E-state index in [2.05, 4.69) is 5.32 Å². The third-order valence-corrected chi connectivity index (χ3v) is 6.86. The third-order valence-electron chi connectivity index (χ3n) is 5.79. The maximum Gasteiger partial charge on any atom is 0.339 e. The van der Waals surface area contributed by atoms with Crippen LogP contribution in [0.2, 0.25) is 0 Å². The van der Waals surface area contributed by atoms with Gasteiger partial charge < -0.3 is 10.1 Å². The lowest BCUT2D eigenvalue weighted by molar-refractivity contribution is -0.123. The molecule has 6 heteroatoms. The van der Waals surface area contributed by atoms with Crippen LogP contribution in [0.3, 0.4) is 0 Å². The monoisotopic (exact) mass is 480 g/mol. The van der Waals surface area contributed by atoms with Crippen LogP contribution in [-0.2, 0) is 9.53 Å². The normalized spacial score (nSPS) is 12.0. The number of anilines is 1. The van der Waals surface area contributed by atoms with Gasteiger partial charge >= 0.3 is 5.97 Å². The van der Waals surface area contributed by atoms with E-state index in [-0.39, 0.29) is 5.91 Å². The van der Waals surface area contributed by atoms with Gasteiger partial charge in [0, 0.05) is 16.6 Å². The van der Waals surface area contributed by atoms with Gasteiger partial charge in [-0.2, -0.15) is 0 Å². The summed E-state index contributed by atoms with van der Waals surface area (Å²) in [5.74, 6) is -0.929. The average molecular weight is 481 g/mol. The molecule has 1 heterocycles. The Morgan fingerprint density at radius 2 is 1.63 bits per heavy atom. The Kier molecular flexibility index (Phi) is 6.05. The molecule has 1 aromatic heterocycles. The molecule has 5 rings (SSSR count). The van der Waals surface area contributed by atoms with E-state index in [4.69, 9.17) is 9.72 Å². The van der Waals surface area contributed by atoms with Crippen LogP contribution in [0.1, 0.15) is 28.4 Å². The van der Waals surface area contributed by atoms with E-state index in [0.717, 1.165) is 42.7 Å². The minimum Gasteiger partial charge on any atom is -0.449 e. The summed E-state index contributed by atoms with van der Waals surface area (Å²) < 4.78 is 6.70. The van der Waals surface area contributed by atoms with Crippen LogP contribution in [0, 0.1) is 13.8 Å². The van der Waals surface area contributed by atoms with Crippen LogP contribution in [0.5, 0.6) is 0 Å². The Balaban J connectivity index is 1.45. The summed E-state index contributed by atoms with van der Waals surface area (Å²) in [6.07, 6.45) is -0.965. The summed E-state index contributed by atoms with van der Waals surface area (Å²) >= 11 is 1.58. The number of amides is 1. The number of nitrogens with zero attached hydrogens (tertiary/aromatic N) is 1. The van der Waals surface area contributed by atoms with Crippen molar-refractivity contribution in [1.82, 2.24) is 4.98 Å². The molecule has 0 saturated heterocycles. The van der Waals surface area contributed by atoms with Gasteiger partial charge in [-0.05, 0) is 67.6 Å². The molecular weight excluding hydrogens is 456 g/mol.